The molecule has 5 nitrogen and oxygen atoms in total. The Hall–Kier alpha value is -2.41. The molecule has 0 spiro atoms. The molecule has 0 saturated carbocycles. The Morgan fingerprint density at radius 2 is 1.69 bits per heavy atom. The number of halogens is 2. The van der Waals surface area contributed by atoms with Crippen molar-refractivity contribution in [2.75, 3.05) is 21.1 Å². The summed E-state index contributed by atoms with van der Waals surface area (Å²) >= 11 is 3.28. The van der Waals surface area contributed by atoms with Gasteiger partial charge < -0.3 is 15.5 Å². The van der Waals surface area contributed by atoms with Gasteiger partial charge in [-0.15, -0.1) is 0 Å². The molecule has 0 aliphatic rings. The Morgan fingerprint density at radius 1 is 1.08 bits per heavy atom. The molecule has 1 amide bonds. The first-order chi connectivity index (χ1) is 12.4. The molecule has 0 heterocycles. The van der Waals surface area contributed by atoms with Crippen molar-refractivity contribution in [3.63, 3.8) is 0 Å². The van der Waals surface area contributed by atoms with E-state index in [1.807, 2.05) is 18.2 Å². The monoisotopic (exact) mass is 420 g/mol. The normalized spacial score (nSPS) is 11.2. The van der Waals surface area contributed by atoms with Crippen LogP contribution in [0.25, 0.3) is 0 Å². The van der Waals surface area contributed by atoms with Gasteiger partial charge in [0.05, 0.1) is 0 Å². The maximum atomic E-state index is 13.4. The van der Waals surface area contributed by atoms with Crippen LogP contribution in [0.3, 0.4) is 0 Å². The summed E-state index contributed by atoms with van der Waals surface area (Å²) in [5.41, 5.74) is 2.49. The first kappa shape index (κ1) is 19.9. The predicted molar refractivity (Wildman–Crippen MR) is 106 cm³/mol. The van der Waals surface area contributed by atoms with E-state index >= 15 is 0 Å². The van der Waals surface area contributed by atoms with Crippen molar-refractivity contribution in [3.05, 3.63) is 69.4 Å². The average Bonchev–Trinajstić information content (AvgIpc) is 2.61. The number of hydrogen-bond acceptors (Lipinski definition) is 2. The fourth-order valence-electron chi connectivity index (χ4n) is 2.33. The van der Waals surface area contributed by atoms with Gasteiger partial charge in [-0.2, -0.15) is 0 Å². The predicted octanol–water partition coefficient (Wildman–Crippen LogP) is 3.16. The van der Waals surface area contributed by atoms with Crippen molar-refractivity contribution in [3.8, 4) is 0 Å². The van der Waals surface area contributed by atoms with Gasteiger partial charge in [0.25, 0.3) is 5.91 Å². The fraction of sp³-hybridized carbons (Fsp3) is 0.263. The number of carbonyl (C=O) groups excluding carboxylic acids is 1. The van der Waals surface area contributed by atoms with Crippen molar-refractivity contribution >= 4 is 27.8 Å². The van der Waals surface area contributed by atoms with E-state index in [2.05, 4.69) is 31.6 Å². The van der Waals surface area contributed by atoms with Crippen LogP contribution in [0.5, 0.6) is 0 Å². The maximum Gasteiger partial charge on any atom is 0.253 e. The summed E-state index contributed by atoms with van der Waals surface area (Å²) in [6.45, 7) is 1.01. The van der Waals surface area contributed by atoms with Gasteiger partial charge in [0, 0.05) is 44.3 Å². The van der Waals surface area contributed by atoms with Gasteiger partial charge in [-0.1, -0.05) is 28.1 Å². The molecule has 0 radical (unpaired) electrons. The second-order valence-corrected chi connectivity index (χ2v) is 6.87. The Labute approximate surface area is 161 Å². The third kappa shape index (κ3) is 5.84. The molecule has 0 unspecified atom stereocenters. The van der Waals surface area contributed by atoms with Crippen LogP contribution in [-0.2, 0) is 13.1 Å². The van der Waals surface area contributed by atoms with E-state index in [0.29, 0.717) is 29.1 Å². The summed E-state index contributed by atoms with van der Waals surface area (Å²) in [6, 6.07) is 12.2. The quantitative estimate of drug-likeness (QED) is 0.576. The average molecular weight is 421 g/mol. The maximum absolute atomic E-state index is 13.4. The van der Waals surface area contributed by atoms with Crippen molar-refractivity contribution < 1.29 is 9.18 Å². The smallest absolute Gasteiger partial charge is 0.253 e. The van der Waals surface area contributed by atoms with Gasteiger partial charge in [0.1, 0.15) is 5.82 Å². The minimum absolute atomic E-state index is 0.0248. The lowest BCUT2D eigenvalue weighted by atomic mass is 10.1. The van der Waals surface area contributed by atoms with Gasteiger partial charge in [-0.25, -0.2) is 4.39 Å². The molecule has 0 aromatic heterocycles. The summed E-state index contributed by atoms with van der Waals surface area (Å²) in [4.78, 5) is 17.6. The van der Waals surface area contributed by atoms with Crippen LogP contribution < -0.4 is 10.6 Å². The highest BCUT2D eigenvalue weighted by Crippen LogP contribution is 2.14. The number of nitrogens with one attached hydrogen (secondary N) is 2. The molecule has 0 fully saturated rings. The largest absolute Gasteiger partial charge is 0.352 e. The van der Waals surface area contributed by atoms with Gasteiger partial charge >= 0.3 is 0 Å². The minimum atomic E-state index is -0.286. The zero-order chi connectivity index (χ0) is 19.1. The number of aliphatic imine (C=N–C) groups is 1. The van der Waals surface area contributed by atoms with Gasteiger partial charge in [0.2, 0.25) is 0 Å². The number of amides is 1. The Kier molecular flexibility index (Phi) is 7.15. The second kappa shape index (κ2) is 9.33. The number of nitrogens with zero attached hydrogens (tertiary/aromatic N) is 2. The molecule has 2 rings (SSSR count). The molecule has 0 bridgehead atoms. The van der Waals surface area contributed by atoms with E-state index in [1.165, 1.54) is 12.1 Å². The zero-order valence-corrected chi connectivity index (χ0v) is 16.6. The van der Waals surface area contributed by atoms with E-state index in [9.17, 15) is 9.18 Å². The SMILES string of the molecule is CN=C(NCc1ccc(C(=O)N(C)C)cc1)NCc1cc(F)cc(Br)c1. The molecule has 0 aliphatic carbocycles. The number of carbonyl (C=O) groups is 1. The highest BCUT2D eigenvalue weighted by molar-refractivity contribution is 9.10. The van der Waals surface area contributed by atoms with Crippen molar-refractivity contribution in [2.45, 2.75) is 13.1 Å². The molecule has 0 aliphatic heterocycles. The fourth-order valence-corrected chi connectivity index (χ4v) is 2.84. The van der Waals surface area contributed by atoms with E-state index in [-0.39, 0.29) is 11.7 Å². The Bertz CT molecular complexity index is 770. The summed E-state index contributed by atoms with van der Waals surface area (Å²) < 4.78 is 14.1. The molecule has 2 aromatic carbocycles. The van der Waals surface area contributed by atoms with Gasteiger partial charge in [-0.3, -0.25) is 9.79 Å². The lowest BCUT2D eigenvalue weighted by Crippen LogP contribution is -2.36. The molecule has 0 saturated heterocycles. The van der Waals surface area contributed by atoms with E-state index in [0.717, 1.165) is 11.1 Å². The van der Waals surface area contributed by atoms with Crippen molar-refractivity contribution in [1.82, 2.24) is 15.5 Å². The topological polar surface area (TPSA) is 56.7 Å². The third-order valence-electron chi connectivity index (χ3n) is 3.67. The van der Waals surface area contributed by atoms with Crippen molar-refractivity contribution in [1.29, 1.82) is 0 Å². The van der Waals surface area contributed by atoms with E-state index in [4.69, 9.17) is 0 Å². The summed E-state index contributed by atoms with van der Waals surface area (Å²) in [7, 11) is 5.13. The molecule has 0 atom stereocenters. The number of guanidine groups is 1. The number of rotatable bonds is 5. The summed E-state index contributed by atoms with van der Waals surface area (Å²) in [6.07, 6.45) is 0. The Morgan fingerprint density at radius 3 is 2.23 bits per heavy atom. The molecular weight excluding hydrogens is 399 g/mol. The van der Waals surface area contributed by atoms with Gasteiger partial charge in [-0.05, 0) is 41.5 Å². The summed E-state index contributed by atoms with van der Waals surface area (Å²) in [5.74, 6) is 0.300. The minimum Gasteiger partial charge on any atom is -0.352 e. The molecule has 2 aromatic rings. The van der Waals surface area contributed by atoms with E-state index in [1.54, 1.807) is 38.2 Å². The van der Waals surface area contributed by atoms with E-state index < -0.39 is 0 Å². The molecule has 2 N–H and O–H groups in total. The van der Waals surface area contributed by atoms with Crippen LogP contribution in [0, 0.1) is 5.82 Å². The van der Waals surface area contributed by atoms with Crippen LogP contribution in [0.1, 0.15) is 21.5 Å². The van der Waals surface area contributed by atoms with Crippen LogP contribution in [0.15, 0.2) is 51.9 Å². The lowest BCUT2D eigenvalue weighted by molar-refractivity contribution is 0.0827. The molecule has 138 valence electrons. The first-order valence-electron chi connectivity index (χ1n) is 8.09. The number of benzene rings is 2. The molecule has 7 heteroatoms. The Balaban J connectivity index is 1.89. The second-order valence-electron chi connectivity index (χ2n) is 5.95. The van der Waals surface area contributed by atoms with Gasteiger partial charge in [0.15, 0.2) is 5.96 Å². The standard InChI is InChI=1S/C19H22BrFN4O/c1-22-19(24-12-14-8-16(20)10-17(21)9-14)23-11-13-4-6-15(7-5-13)18(26)25(2)3/h4-10H,11-12H2,1-3H3,(H2,22,23,24). The lowest BCUT2D eigenvalue weighted by Gasteiger charge is -2.13. The summed E-state index contributed by atoms with van der Waals surface area (Å²) in [5, 5.41) is 6.34. The highest BCUT2D eigenvalue weighted by atomic mass is 79.9. The molecular formula is C19H22BrFN4O. The van der Waals surface area contributed by atoms with Crippen LogP contribution in [0.4, 0.5) is 4.39 Å². The highest BCUT2D eigenvalue weighted by Gasteiger charge is 2.07. The van der Waals surface area contributed by atoms with Crippen LogP contribution >= 0.6 is 15.9 Å². The zero-order valence-electron chi connectivity index (χ0n) is 15.0. The van der Waals surface area contributed by atoms with Crippen LogP contribution in [-0.4, -0.2) is 37.9 Å². The van der Waals surface area contributed by atoms with Crippen molar-refractivity contribution in [2.24, 2.45) is 4.99 Å². The van der Waals surface area contributed by atoms with Crippen LogP contribution in [0.2, 0.25) is 0 Å². The number of hydrogen-bond donors (Lipinski definition) is 2. The third-order valence-corrected chi connectivity index (χ3v) is 4.13. The first-order valence-corrected chi connectivity index (χ1v) is 8.88. The molecule has 26 heavy (non-hydrogen) atoms.